The lowest BCUT2D eigenvalue weighted by atomic mass is 10.1. The molecule has 2 aromatic rings. The van der Waals surface area contributed by atoms with Gasteiger partial charge in [-0.15, -0.1) is 0 Å². The lowest BCUT2D eigenvalue weighted by molar-refractivity contribution is -0.139. The Bertz CT molecular complexity index is 858. The minimum Gasteiger partial charge on any atom is -0.480 e. The zero-order valence-electron chi connectivity index (χ0n) is 16.0. The fourth-order valence-corrected chi connectivity index (χ4v) is 2.64. The molecular weight excluding hydrogens is 396 g/mol. The predicted octanol–water partition coefficient (Wildman–Crippen LogP) is -0.637. The highest BCUT2D eigenvalue weighted by molar-refractivity contribution is 5.83. The van der Waals surface area contributed by atoms with Gasteiger partial charge in [-0.2, -0.15) is 4.98 Å². The van der Waals surface area contributed by atoms with Gasteiger partial charge in [0.1, 0.15) is 12.1 Å². The molecular formula is C18H24N6O6. The van der Waals surface area contributed by atoms with E-state index in [1.807, 2.05) is 30.3 Å². The number of aliphatic carboxylic acids is 1. The van der Waals surface area contributed by atoms with E-state index in [9.17, 15) is 14.4 Å². The number of aromatic nitrogens is 2. The zero-order valence-corrected chi connectivity index (χ0v) is 16.0. The number of primary amides is 1. The van der Waals surface area contributed by atoms with E-state index < -0.39 is 42.6 Å². The van der Waals surface area contributed by atoms with Crippen molar-refractivity contribution < 1.29 is 29.1 Å². The molecule has 0 aliphatic rings. The smallest absolute Gasteiger partial charge is 0.326 e. The van der Waals surface area contributed by atoms with Gasteiger partial charge in [-0.05, 0) is 12.0 Å². The number of hydrogen-bond acceptors (Lipinski definition) is 8. The van der Waals surface area contributed by atoms with Gasteiger partial charge in [-0.1, -0.05) is 35.5 Å². The van der Waals surface area contributed by atoms with Crippen LogP contribution in [0.3, 0.4) is 0 Å². The standard InChI is InChI=1S/C18H24N6O6/c19-11(8-10-4-2-1-3-5-10)15-23-16(30-24-15)13(9-14(20)26)22-18(29)21-12(6-7-25)17(27)28/h1-5,11-13,25H,6-9,19H2,(H2,20,26)(H,27,28)(H2,21,22,29)/t11-,12-,13-/m0/s1. The summed E-state index contributed by atoms with van der Waals surface area (Å²) in [5.41, 5.74) is 12.3. The van der Waals surface area contributed by atoms with Crippen molar-refractivity contribution in [2.45, 2.75) is 37.4 Å². The molecule has 1 aromatic heterocycles. The van der Waals surface area contributed by atoms with Gasteiger partial charge in [0.2, 0.25) is 11.8 Å². The summed E-state index contributed by atoms with van der Waals surface area (Å²) < 4.78 is 5.14. The van der Waals surface area contributed by atoms with Crippen LogP contribution >= 0.6 is 0 Å². The first kappa shape index (κ1) is 22.8. The number of carbonyl (C=O) groups excluding carboxylic acids is 2. The lowest BCUT2D eigenvalue weighted by Gasteiger charge is -2.17. The molecule has 3 atom stereocenters. The number of carboxylic acids is 1. The number of urea groups is 1. The monoisotopic (exact) mass is 420 g/mol. The molecule has 3 amide bonds. The minimum absolute atomic E-state index is 0.100. The van der Waals surface area contributed by atoms with Crippen molar-refractivity contribution in [3.8, 4) is 0 Å². The summed E-state index contributed by atoms with van der Waals surface area (Å²) >= 11 is 0. The van der Waals surface area contributed by atoms with Gasteiger partial charge in [-0.25, -0.2) is 9.59 Å². The summed E-state index contributed by atoms with van der Waals surface area (Å²) in [6, 6.07) is 5.51. The molecule has 0 saturated carbocycles. The summed E-state index contributed by atoms with van der Waals surface area (Å²) in [6.07, 6.45) is -0.112. The second-order valence-corrected chi connectivity index (χ2v) is 6.53. The maximum absolute atomic E-state index is 12.1. The number of aliphatic hydroxyl groups excluding tert-OH is 1. The van der Waals surface area contributed by atoms with E-state index in [1.165, 1.54) is 0 Å². The number of aliphatic hydroxyl groups is 1. The number of carbonyl (C=O) groups is 3. The number of benzene rings is 1. The molecule has 0 bridgehead atoms. The van der Waals surface area contributed by atoms with Gasteiger partial charge in [0.25, 0.3) is 0 Å². The van der Waals surface area contributed by atoms with Crippen molar-refractivity contribution in [3.63, 3.8) is 0 Å². The second kappa shape index (κ2) is 10.9. The van der Waals surface area contributed by atoms with Crippen molar-refractivity contribution in [2.75, 3.05) is 6.61 Å². The Labute approximate surface area is 171 Å². The van der Waals surface area contributed by atoms with E-state index in [-0.39, 0.29) is 24.6 Å². The number of nitrogens with two attached hydrogens (primary N) is 2. The summed E-state index contributed by atoms with van der Waals surface area (Å²) in [6.45, 7) is -0.436. The van der Waals surface area contributed by atoms with E-state index in [4.69, 9.17) is 26.2 Å². The predicted molar refractivity (Wildman–Crippen MR) is 103 cm³/mol. The average Bonchev–Trinajstić information content (AvgIpc) is 3.18. The van der Waals surface area contributed by atoms with Crippen molar-refractivity contribution >= 4 is 17.9 Å². The van der Waals surface area contributed by atoms with E-state index in [1.54, 1.807) is 0 Å². The molecule has 0 aliphatic carbocycles. The maximum atomic E-state index is 12.1. The number of nitrogens with zero attached hydrogens (tertiary/aromatic N) is 2. The van der Waals surface area contributed by atoms with Gasteiger partial charge in [0.15, 0.2) is 5.82 Å². The van der Waals surface area contributed by atoms with E-state index >= 15 is 0 Å². The fraction of sp³-hybridized carbons (Fsp3) is 0.389. The molecule has 30 heavy (non-hydrogen) atoms. The Balaban J connectivity index is 2.08. The van der Waals surface area contributed by atoms with Crippen LogP contribution in [-0.2, 0) is 16.0 Å². The number of nitrogens with one attached hydrogen (secondary N) is 2. The van der Waals surface area contributed by atoms with Gasteiger partial charge in [-0.3, -0.25) is 4.79 Å². The zero-order chi connectivity index (χ0) is 22.1. The van der Waals surface area contributed by atoms with Crippen LogP contribution in [0, 0.1) is 0 Å². The van der Waals surface area contributed by atoms with Gasteiger partial charge < -0.3 is 36.8 Å². The number of rotatable bonds is 11. The SMILES string of the molecule is NC(=O)C[C@H](NC(=O)N[C@@H](CCO)C(=O)O)c1nc([C@@H](N)Cc2ccccc2)no1. The third-order valence-electron chi connectivity index (χ3n) is 4.12. The Kier molecular flexibility index (Phi) is 8.26. The van der Waals surface area contributed by atoms with Gasteiger partial charge >= 0.3 is 12.0 Å². The Hall–Kier alpha value is -3.51. The third kappa shape index (κ3) is 6.83. The molecule has 0 radical (unpaired) electrons. The summed E-state index contributed by atoms with van der Waals surface area (Å²) in [5.74, 6) is -2.00. The highest BCUT2D eigenvalue weighted by Gasteiger charge is 2.27. The van der Waals surface area contributed by atoms with E-state index in [0.29, 0.717) is 6.42 Å². The van der Waals surface area contributed by atoms with Crippen molar-refractivity contribution in [3.05, 3.63) is 47.6 Å². The minimum atomic E-state index is -1.32. The largest absolute Gasteiger partial charge is 0.480 e. The van der Waals surface area contributed by atoms with E-state index in [0.717, 1.165) is 5.56 Å². The lowest BCUT2D eigenvalue weighted by Crippen LogP contribution is -2.47. The van der Waals surface area contributed by atoms with E-state index in [2.05, 4.69) is 20.8 Å². The summed E-state index contributed by atoms with van der Waals surface area (Å²) in [5, 5.41) is 26.3. The first-order valence-corrected chi connectivity index (χ1v) is 9.12. The Morgan fingerprint density at radius 2 is 1.87 bits per heavy atom. The fourth-order valence-electron chi connectivity index (χ4n) is 2.64. The molecule has 12 heteroatoms. The summed E-state index contributed by atoms with van der Waals surface area (Å²) in [7, 11) is 0. The number of hydrogen-bond donors (Lipinski definition) is 6. The third-order valence-corrected chi connectivity index (χ3v) is 4.12. The highest BCUT2D eigenvalue weighted by Crippen LogP contribution is 2.19. The number of amides is 3. The number of carboxylic acid groups (broad SMARTS) is 1. The van der Waals surface area contributed by atoms with Crippen molar-refractivity contribution in [1.29, 1.82) is 0 Å². The highest BCUT2D eigenvalue weighted by atomic mass is 16.5. The first-order valence-electron chi connectivity index (χ1n) is 9.12. The van der Waals surface area contributed by atoms with Crippen LogP contribution in [0.2, 0.25) is 0 Å². The Morgan fingerprint density at radius 1 is 1.17 bits per heavy atom. The Morgan fingerprint density at radius 3 is 2.47 bits per heavy atom. The molecule has 0 aliphatic heterocycles. The van der Waals surface area contributed by atoms with Crippen LogP contribution in [0.4, 0.5) is 4.79 Å². The average molecular weight is 420 g/mol. The topological polar surface area (TPSA) is 207 Å². The van der Waals surface area contributed by atoms with Crippen molar-refractivity contribution in [1.82, 2.24) is 20.8 Å². The molecule has 0 saturated heterocycles. The molecule has 8 N–H and O–H groups in total. The van der Waals surface area contributed by atoms with Crippen molar-refractivity contribution in [2.24, 2.45) is 11.5 Å². The molecule has 0 unspecified atom stereocenters. The van der Waals surface area contributed by atoms with Crippen LogP contribution in [0.25, 0.3) is 0 Å². The van der Waals surface area contributed by atoms with Crippen LogP contribution in [-0.4, -0.2) is 50.9 Å². The second-order valence-electron chi connectivity index (χ2n) is 6.53. The van der Waals surface area contributed by atoms with Gasteiger partial charge in [0, 0.05) is 13.0 Å². The summed E-state index contributed by atoms with van der Waals surface area (Å²) in [4.78, 5) is 38.8. The first-order chi connectivity index (χ1) is 14.3. The molecule has 1 heterocycles. The quantitative estimate of drug-likeness (QED) is 0.273. The van der Waals surface area contributed by atoms with Crippen LogP contribution in [0.1, 0.15) is 42.2 Å². The van der Waals surface area contributed by atoms with Gasteiger partial charge in [0.05, 0.1) is 12.5 Å². The maximum Gasteiger partial charge on any atom is 0.326 e. The molecule has 0 spiro atoms. The molecule has 0 fully saturated rings. The normalized spacial score (nSPS) is 13.8. The van der Waals surface area contributed by atoms with Crippen LogP contribution in [0.5, 0.6) is 0 Å². The molecule has 12 nitrogen and oxygen atoms in total. The van der Waals surface area contributed by atoms with Crippen LogP contribution < -0.4 is 22.1 Å². The molecule has 1 aromatic carbocycles. The molecule has 2 rings (SSSR count). The molecule has 162 valence electrons. The van der Waals surface area contributed by atoms with Crippen LogP contribution in [0.15, 0.2) is 34.9 Å².